The van der Waals surface area contributed by atoms with Gasteiger partial charge in [-0.2, -0.15) is 0 Å². The molecule has 0 saturated carbocycles. The first-order valence-corrected chi connectivity index (χ1v) is 21.8. The van der Waals surface area contributed by atoms with Crippen LogP contribution in [0.3, 0.4) is 0 Å². The first-order valence-electron chi connectivity index (χ1n) is 20.3. The van der Waals surface area contributed by atoms with Crippen LogP contribution in [0.25, 0.3) is 0 Å². The number of carbonyl (C=O) groups is 1. The van der Waals surface area contributed by atoms with E-state index in [1.54, 1.807) is 6.92 Å². The van der Waals surface area contributed by atoms with Gasteiger partial charge in [0.25, 0.3) is 0 Å². The zero-order chi connectivity index (χ0) is 34.5. The van der Waals surface area contributed by atoms with Gasteiger partial charge in [0.1, 0.15) is 0 Å². The van der Waals surface area contributed by atoms with Crippen molar-refractivity contribution in [2.24, 2.45) is 0 Å². The lowest BCUT2D eigenvalue weighted by molar-refractivity contribution is -0.896. The summed E-state index contributed by atoms with van der Waals surface area (Å²) < 4.78 is 37.8. The van der Waals surface area contributed by atoms with Gasteiger partial charge >= 0.3 is 13.8 Å². The minimum Gasteiger partial charge on any atom is -1.00 e. The number of piperidine rings is 1. The van der Waals surface area contributed by atoms with E-state index >= 15 is 0 Å². The maximum Gasteiger partial charge on any atom is 0.478 e. The predicted molar refractivity (Wildman–Crippen MR) is 198 cm³/mol. The average molecular weight is 724 g/mol. The summed E-state index contributed by atoms with van der Waals surface area (Å²) in [5.74, 6) is -0.318. The molecule has 7 nitrogen and oxygen atoms in total. The fraction of sp³-hybridized carbons (Fsp3) is 0.974. The third kappa shape index (κ3) is 28.5. The van der Waals surface area contributed by atoms with Crippen molar-refractivity contribution in [3.63, 3.8) is 0 Å². The Morgan fingerprint density at radius 3 is 1.44 bits per heavy atom. The van der Waals surface area contributed by atoms with Crippen LogP contribution in [0.4, 0.5) is 0 Å². The summed E-state index contributed by atoms with van der Waals surface area (Å²) in [5.41, 5.74) is 0. The quantitative estimate of drug-likeness (QED) is 0.0221. The third-order valence-electron chi connectivity index (χ3n) is 9.70. The molecule has 0 aromatic carbocycles. The smallest absolute Gasteiger partial charge is 0.478 e. The Bertz CT molecular complexity index is 776. The summed E-state index contributed by atoms with van der Waals surface area (Å²) in [7, 11) is 0.539. The number of esters is 1. The van der Waals surface area contributed by atoms with Crippen LogP contribution in [0.1, 0.15) is 201 Å². The van der Waals surface area contributed by atoms with Crippen molar-refractivity contribution >= 4 is 13.8 Å². The lowest BCUT2D eigenvalue weighted by Crippen LogP contribution is -3.00. The van der Waals surface area contributed by atoms with Gasteiger partial charge in [0.2, 0.25) is 6.29 Å². The Hall–Kier alpha value is -0.170. The molecule has 0 aromatic rings. The van der Waals surface area contributed by atoms with E-state index in [4.69, 9.17) is 18.3 Å². The molecule has 2 unspecified atom stereocenters. The van der Waals surface area contributed by atoms with E-state index in [-0.39, 0.29) is 24.5 Å². The number of phosphoric acid groups is 1. The zero-order valence-corrected chi connectivity index (χ0v) is 33.9. The van der Waals surface area contributed by atoms with E-state index in [0.717, 1.165) is 68.9 Å². The Morgan fingerprint density at radius 1 is 0.646 bits per heavy atom. The monoisotopic (exact) mass is 724 g/mol. The summed E-state index contributed by atoms with van der Waals surface area (Å²) >= 11 is 0. The average Bonchev–Trinajstić information content (AvgIpc) is 3.02. The molecule has 0 radical (unpaired) electrons. The van der Waals surface area contributed by atoms with Crippen LogP contribution in [-0.2, 0) is 27.7 Å². The van der Waals surface area contributed by atoms with Gasteiger partial charge in [0, 0.05) is 19.3 Å². The van der Waals surface area contributed by atoms with Crippen LogP contribution in [-0.4, -0.2) is 56.6 Å². The second kappa shape index (κ2) is 31.6. The van der Waals surface area contributed by atoms with Crippen LogP contribution in [0.5, 0.6) is 0 Å². The first kappa shape index (κ1) is 47.8. The molecule has 1 heterocycles. The van der Waals surface area contributed by atoms with Gasteiger partial charge in [-0.25, -0.2) is 9.09 Å². The van der Waals surface area contributed by atoms with Crippen molar-refractivity contribution in [1.29, 1.82) is 0 Å². The molecule has 1 fully saturated rings. The number of unbranched alkanes of at least 4 members (excludes halogenated alkanes) is 23. The van der Waals surface area contributed by atoms with E-state index in [1.165, 1.54) is 122 Å². The first-order chi connectivity index (χ1) is 22.7. The molecule has 1 saturated heterocycles. The van der Waals surface area contributed by atoms with Gasteiger partial charge in [0.05, 0.1) is 39.9 Å². The summed E-state index contributed by atoms with van der Waals surface area (Å²) in [6.07, 6.45) is 32.3. The van der Waals surface area contributed by atoms with Crippen LogP contribution in [0.15, 0.2) is 0 Å². The maximum atomic E-state index is 13.8. The summed E-state index contributed by atoms with van der Waals surface area (Å²) in [5, 5.41) is 0. The molecule has 0 amide bonds. The fourth-order valence-corrected chi connectivity index (χ4v) is 7.98. The number of halogens is 1. The second-order valence-electron chi connectivity index (χ2n) is 15.0. The highest BCUT2D eigenvalue weighted by atomic mass is 35.5. The zero-order valence-electron chi connectivity index (χ0n) is 32.3. The van der Waals surface area contributed by atoms with Crippen molar-refractivity contribution in [2.75, 3.05) is 33.8 Å². The number of phosphoric ester groups is 1. The van der Waals surface area contributed by atoms with Crippen molar-refractivity contribution in [2.45, 2.75) is 213 Å². The van der Waals surface area contributed by atoms with Gasteiger partial charge in [-0.3, -0.25) is 13.8 Å². The minimum absolute atomic E-state index is 0. The maximum absolute atomic E-state index is 13.8. The molecule has 48 heavy (non-hydrogen) atoms. The number of ether oxygens (including phenoxy) is 1. The van der Waals surface area contributed by atoms with Crippen molar-refractivity contribution in [1.82, 2.24) is 0 Å². The predicted octanol–water partition coefficient (Wildman–Crippen LogP) is 9.46. The Balaban J connectivity index is 0.0000221. The molecule has 0 aromatic heterocycles. The van der Waals surface area contributed by atoms with E-state index < -0.39 is 14.1 Å². The summed E-state index contributed by atoms with van der Waals surface area (Å²) in [6.45, 7) is 8.36. The molecule has 1 aliphatic heterocycles. The number of rotatable bonds is 33. The molecule has 2 atom stereocenters. The molecule has 1 aliphatic rings. The number of hydrogen-bond acceptors (Lipinski definition) is 6. The lowest BCUT2D eigenvalue weighted by atomic mass is 10.0. The number of likely N-dealkylation sites (tertiary alicyclic amines) is 1. The second-order valence-corrected chi connectivity index (χ2v) is 16.6. The Morgan fingerprint density at radius 2 is 1.02 bits per heavy atom. The van der Waals surface area contributed by atoms with Crippen LogP contribution in [0.2, 0.25) is 0 Å². The van der Waals surface area contributed by atoms with E-state index in [2.05, 4.69) is 27.9 Å². The third-order valence-corrected chi connectivity index (χ3v) is 11.3. The molecule has 0 bridgehead atoms. The Labute approximate surface area is 304 Å². The molecular weight excluding hydrogens is 645 g/mol. The van der Waals surface area contributed by atoms with Gasteiger partial charge in [0.15, 0.2) is 0 Å². The highest BCUT2D eigenvalue weighted by molar-refractivity contribution is 7.48. The standard InChI is InChI=1S/C39H79NO6P.ClH/c1-6-8-10-12-14-16-17-18-19-20-21-22-24-26-28-30-36-43-47(42,46-38-32-34-40(4,5)35-33-38)45-37(3)44-39(41)31-29-27-25-23-15-13-11-9-7-2;/h37-38H,6-36H2,1-5H3;1H/q+1;/p-1. The number of nitrogens with zero attached hydrogens (tertiary/aromatic N) is 1. The van der Waals surface area contributed by atoms with Crippen molar-refractivity contribution < 1.29 is 44.6 Å². The fourth-order valence-electron chi connectivity index (χ4n) is 6.47. The van der Waals surface area contributed by atoms with Gasteiger partial charge in [-0.1, -0.05) is 162 Å². The van der Waals surface area contributed by atoms with Gasteiger partial charge in [-0.05, 0) is 19.8 Å². The number of hydrogen-bond donors (Lipinski definition) is 0. The van der Waals surface area contributed by atoms with Crippen LogP contribution >= 0.6 is 7.82 Å². The summed E-state index contributed by atoms with van der Waals surface area (Å²) in [6, 6.07) is 0. The molecule has 288 valence electrons. The largest absolute Gasteiger partial charge is 1.00 e. The molecule has 1 rings (SSSR count). The van der Waals surface area contributed by atoms with Crippen LogP contribution < -0.4 is 12.4 Å². The normalized spacial score (nSPS) is 16.7. The molecule has 0 spiro atoms. The van der Waals surface area contributed by atoms with Crippen LogP contribution in [0, 0.1) is 0 Å². The van der Waals surface area contributed by atoms with Gasteiger partial charge < -0.3 is 21.6 Å². The van der Waals surface area contributed by atoms with E-state index in [9.17, 15) is 9.36 Å². The van der Waals surface area contributed by atoms with Crippen molar-refractivity contribution in [3.8, 4) is 0 Å². The van der Waals surface area contributed by atoms with Crippen molar-refractivity contribution in [3.05, 3.63) is 0 Å². The van der Waals surface area contributed by atoms with E-state index in [1.807, 2.05) is 0 Å². The minimum atomic E-state index is -3.87. The Kier molecular flexibility index (Phi) is 31.4. The van der Waals surface area contributed by atoms with E-state index in [0.29, 0.717) is 13.0 Å². The highest BCUT2D eigenvalue weighted by Crippen LogP contribution is 2.53. The lowest BCUT2D eigenvalue weighted by Gasteiger charge is -2.37. The molecule has 0 aliphatic carbocycles. The van der Waals surface area contributed by atoms with Gasteiger partial charge in [-0.15, -0.1) is 0 Å². The highest BCUT2D eigenvalue weighted by Gasteiger charge is 2.37. The number of carbonyl (C=O) groups excluding carboxylic acids is 1. The summed E-state index contributed by atoms with van der Waals surface area (Å²) in [4.78, 5) is 12.5. The molecular formula is C39H79ClNO6P. The SMILES string of the molecule is CCCCCCCCCCCCCCCCCCOP(=O)(OC1CC[N+](C)(C)CC1)OC(C)OC(=O)CCCCCCCCCCC.[Cl-]. The topological polar surface area (TPSA) is 71.1 Å². The molecule has 9 heteroatoms. The number of quaternary nitrogens is 1. The molecule has 0 N–H and O–H groups in total.